The van der Waals surface area contributed by atoms with Gasteiger partial charge in [-0.15, -0.1) is 0 Å². The van der Waals surface area contributed by atoms with Gasteiger partial charge in [-0.25, -0.2) is 4.79 Å². The summed E-state index contributed by atoms with van der Waals surface area (Å²) in [5.41, 5.74) is 0.430. The van der Waals surface area contributed by atoms with E-state index in [0.717, 1.165) is 12.1 Å². The molecule has 8 nitrogen and oxygen atoms in total. The maximum Gasteiger partial charge on any atom is 0.339 e. The van der Waals surface area contributed by atoms with Crippen LogP contribution < -0.4 is 10.6 Å². The number of hydrogen-bond acceptors (Lipinski definition) is 5. The number of nitrogens with zero attached hydrogens (tertiary/aromatic N) is 1. The molecular formula is C17H13N3O5. The summed E-state index contributed by atoms with van der Waals surface area (Å²) in [4.78, 5) is 34.7. The molecule has 0 radical (unpaired) electrons. The Morgan fingerprint density at radius 1 is 1.04 bits per heavy atom. The van der Waals surface area contributed by atoms with Crippen LogP contribution >= 0.6 is 0 Å². The Kier molecular flexibility index (Phi) is 5.32. The SMILES string of the molecule is N#CCC(=O)Nc1cccc(C(=O)Nc2ccc(O)c(C(=O)O)c2)c1. The lowest BCUT2D eigenvalue weighted by molar-refractivity contribution is -0.115. The smallest absolute Gasteiger partial charge is 0.339 e. The van der Waals surface area contributed by atoms with Crippen LogP contribution in [-0.4, -0.2) is 28.0 Å². The first kappa shape index (κ1) is 17.5. The van der Waals surface area contributed by atoms with E-state index in [0.29, 0.717) is 5.69 Å². The summed E-state index contributed by atoms with van der Waals surface area (Å²) in [6, 6.07) is 11.4. The highest BCUT2D eigenvalue weighted by Gasteiger charge is 2.13. The van der Waals surface area contributed by atoms with Gasteiger partial charge >= 0.3 is 5.97 Å². The van der Waals surface area contributed by atoms with E-state index in [-0.39, 0.29) is 23.2 Å². The summed E-state index contributed by atoms with van der Waals surface area (Å²) < 4.78 is 0. The molecule has 0 saturated carbocycles. The van der Waals surface area contributed by atoms with Gasteiger partial charge in [0, 0.05) is 16.9 Å². The van der Waals surface area contributed by atoms with Crippen molar-refractivity contribution in [2.24, 2.45) is 0 Å². The molecule has 2 aromatic rings. The molecule has 0 aromatic heterocycles. The monoisotopic (exact) mass is 339 g/mol. The maximum absolute atomic E-state index is 12.3. The van der Waals surface area contributed by atoms with Crippen molar-refractivity contribution in [1.82, 2.24) is 0 Å². The summed E-state index contributed by atoms with van der Waals surface area (Å²) in [5.74, 6) is -2.76. The summed E-state index contributed by atoms with van der Waals surface area (Å²) in [6.45, 7) is 0. The predicted octanol–water partition coefficient (Wildman–Crippen LogP) is 2.19. The zero-order valence-electron chi connectivity index (χ0n) is 12.8. The lowest BCUT2D eigenvalue weighted by Gasteiger charge is -2.09. The minimum atomic E-state index is -1.32. The van der Waals surface area contributed by atoms with Gasteiger partial charge < -0.3 is 20.8 Å². The molecule has 0 aliphatic rings. The highest BCUT2D eigenvalue weighted by molar-refractivity contribution is 6.06. The van der Waals surface area contributed by atoms with Crippen LogP contribution in [0.4, 0.5) is 11.4 Å². The van der Waals surface area contributed by atoms with E-state index in [1.165, 1.54) is 18.2 Å². The zero-order chi connectivity index (χ0) is 18.4. The highest BCUT2D eigenvalue weighted by Crippen LogP contribution is 2.22. The van der Waals surface area contributed by atoms with Gasteiger partial charge in [-0.05, 0) is 36.4 Å². The zero-order valence-corrected chi connectivity index (χ0v) is 12.8. The maximum atomic E-state index is 12.3. The van der Waals surface area contributed by atoms with Crippen molar-refractivity contribution < 1.29 is 24.6 Å². The van der Waals surface area contributed by atoms with Gasteiger partial charge in [-0.1, -0.05) is 6.07 Å². The third-order valence-corrected chi connectivity index (χ3v) is 3.13. The normalized spacial score (nSPS) is 9.72. The Morgan fingerprint density at radius 2 is 1.76 bits per heavy atom. The summed E-state index contributed by atoms with van der Waals surface area (Å²) >= 11 is 0. The van der Waals surface area contributed by atoms with Crippen LogP contribution in [0.15, 0.2) is 42.5 Å². The second-order valence-electron chi connectivity index (χ2n) is 4.96. The molecule has 2 rings (SSSR count). The van der Waals surface area contributed by atoms with E-state index in [1.54, 1.807) is 18.2 Å². The minimum Gasteiger partial charge on any atom is -0.507 e. The predicted molar refractivity (Wildman–Crippen MR) is 88.3 cm³/mol. The first-order valence-corrected chi connectivity index (χ1v) is 7.05. The third kappa shape index (κ3) is 4.56. The van der Waals surface area contributed by atoms with Crippen LogP contribution in [0.1, 0.15) is 27.1 Å². The second-order valence-corrected chi connectivity index (χ2v) is 4.96. The number of rotatable bonds is 5. The minimum absolute atomic E-state index is 0.194. The fourth-order valence-corrected chi connectivity index (χ4v) is 2.00. The van der Waals surface area contributed by atoms with E-state index < -0.39 is 23.5 Å². The average molecular weight is 339 g/mol. The molecule has 0 atom stereocenters. The molecule has 25 heavy (non-hydrogen) atoms. The number of carbonyl (C=O) groups is 3. The van der Waals surface area contributed by atoms with E-state index in [1.807, 2.05) is 0 Å². The number of phenols is 1. The van der Waals surface area contributed by atoms with Gasteiger partial charge in [-0.2, -0.15) is 5.26 Å². The van der Waals surface area contributed by atoms with Crippen molar-refractivity contribution in [3.8, 4) is 11.8 Å². The lowest BCUT2D eigenvalue weighted by atomic mass is 10.1. The van der Waals surface area contributed by atoms with Crippen LogP contribution in [0, 0.1) is 11.3 Å². The molecule has 0 heterocycles. The van der Waals surface area contributed by atoms with Crippen LogP contribution in [-0.2, 0) is 4.79 Å². The van der Waals surface area contributed by atoms with Gasteiger partial charge in [-0.3, -0.25) is 9.59 Å². The summed E-state index contributed by atoms with van der Waals surface area (Å²) in [5, 5.41) is 31.9. The van der Waals surface area contributed by atoms with Crippen LogP contribution in [0.3, 0.4) is 0 Å². The van der Waals surface area contributed by atoms with Gasteiger partial charge in [0.1, 0.15) is 17.7 Å². The molecule has 2 amide bonds. The Bertz CT molecular complexity index is 886. The quantitative estimate of drug-likeness (QED) is 0.616. The third-order valence-electron chi connectivity index (χ3n) is 3.13. The van der Waals surface area contributed by atoms with Crippen molar-refractivity contribution >= 4 is 29.2 Å². The molecule has 8 heteroatoms. The summed E-state index contributed by atoms with van der Waals surface area (Å²) in [7, 11) is 0. The first-order valence-electron chi connectivity index (χ1n) is 7.05. The lowest BCUT2D eigenvalue weighted by Crippen LogP contribution is -2.14. The first-order chi connectivity index (χ1) is 11.9. The topological polar surface area (TPSA) is 140 Å². The number of nitrogens with one attached hydrogen (secondary N) is 2. The van der Waals surface area contributed by atoms with E-state index in [4.69, 9.17) is 10.4 Å². The number of nitriles is 1. The van der Waals surface area contributed by atoms with Gasteiger partial charge in [0.05, 0.1) is 6.07 Å². The average Bonchev–Trinajstić information content (AvgIpc) is 2.56. The molecule has 0 fully saturated rings. The number of carboxylic acid groups (broad SMARTS) is 1. The van der Waals surface area contributed by atoms with Crippen LogP contribution in [0.5, 0.6) is 5.75 Å². The second kappa shape index (κ2) is 7.61. The fourth-order valence-electron chi connectivity index (χ4n) is 2.00. The Hall–Kier alpha value is -3.86. The van der Waals surface area contributed by atoms with Crippen LogP contribution in [0.25, 0.3) is 0 Å². The van der Waals surface area contributed by atoms with E-state index in [9.17, 15) is 19.5 Å². The molecule has 0 saturated heterocycles. The Labute approximate surface area is 142 Å². The Morgan fingerprint density at radius 3 is 2.44 bits per heavy atom. The van der Waals surface area contributed by atoms with Crippen LogP contribution in [0.2, 0.25) is 0 Å². The van der Waals surface area contributed by atoms with Crippen molar-refractivity contribution in [3.63, 3.8) is 0 Å². The molecule has 0 unspecified atom stereocenters. The van der Waals surface area contributed by atoms with Crippen molar-refractivity contribution in [2.45, 2.75) is 6.42 Å². The molecule has 2 aromatic carbocycles. The molecule has 126 valence electrons. The number of amides is 2. The molecule has 0 spiro atoms. The molecule has 0 aliphatic heterocycles. The highest BCUT2D eigenvalue weighted by atomic mass is 16.4. The van der Waals surface area contributed by atoms with E-state index in [2.05, 4.69) is 10.6 Å². The number of carboxylic acids is 1. The van der Waals surface area contributed by atoms with Gasteiger partial charge in [0.25, 0.3) is 5.91 Å². The molecule has 4 N–H and O–H groups in total. The van der Waals surface area contributed by atoms with Crippen molar-refractivity contribution in [2.75, 3.05) is 10.6 Å². The van der Waals surface area contributed by atoms with E-state index >= 15 is 0 Å². The number of aromatic carboxylic acids is 1. The largest absolute Gasteiger partial charge is 0.507 e. The molecule has 0 aliphatic carbocycles. The standard InChI is InChI=1S/C17H13N3O5/c18-7-6-15(22)19-11-3-1-2-10(8-11)16(23)20-12-4-5-14(21)13(9-12)17(24)25/h1-5,8-9,21H,6H2,(H,19,22)(H,20,23)(H,24,25). The number of aromatic hydroxyl groups is 1. The number of benzene rings is 2. The van der Waals surface area contributed by atoms with Crippen molar-refractivity contribution in [3.05, 3.63) is 53.6 Å². The molecular weight excluding hydrogens is 326 g/mol. The van der Waals surface area contributed by atoms with Crippen molar-refractivity contribution in [1.29, 1.82) is 5.26 Å². The number of anilines is 2. The fraction of sp³-hybridized carbons (Fsp3) is 0.0588. The Balaban J connectivity index is 2.16. The number of carbonyl (C=O) groups excluding carboxylic acids is 2. The van der Waals surface area contributed by atoms with Gasteiger partial charge in [0.15, 0.2) is 0 Å². The summed E-state index contributed by atoms with van der Waals surface area (Å²) in [6.07, 6.45) is -0.304. The van der Waals surface area contributed by atoms with Gasteiger partial charge in [0.2, 0.25) is 5.91 Å². The molecule has 0 bridgehead atoms. The number of hydrogen-bond donors (Lipinski definition) is 4.